The van der Waals surface area contributed by atoms with E-state index < -0.39 is 0 Å². The van der Waals surface area contributed by atoms with Crippen LogP contribution >= 0.6 is 0 Å². The molecule has 2 unspecified atom stereocenters. The van der Waals surface area contributed by atoms with Gasteiger partial charge in [0.25, 0.3) is 0 Å². The lowest BCUT2D eigenvalue weighted by Gasteiger charge is -2.21. The van der Waals surface area contributed by atoms with Gasteiger partial charge < -0.3 is 5.32 Å². The first-order valence-electron chi connectivity index (χ1n) is 6.98. The van der Waals surface area contributed by atoms with E-state index in [1.807, 2.05) is 6.92 Å². The zero-order valence-electron chi connectivity index (χ0n) is 11.6. The van der Waals surface area contributed by atoms with Crippen molar-refractivity contribution in [2.75, 3.05) is 0 Å². The van der Waals surface area contributed by atoms with Crippen LogP contribution in [0.25, 0.3) is 0 Å². The molecule has 1 aliphatic carbocycles. The van der Waals surface area contributed by atoms with Gasteiger partial charge in [-0.05, 0) is 37.7 Å². The van der Waals surface area contributed by atoms with Gasteiger partial charge in [-0.2, -0.15) is 0 Å². The molecule has 1 N–H and O–H groups in total. The zero-order valence-corrected chi connectivity index (χ0v) is 11.6. The zero-order chi connectivity index (χ0) is 13.1. The van der Waals surface area contributed by atoms with Crippen molar-refractivity contribution < 1.29 is 4.79 Å². The Kier molecular flexibility index (Phi) is 4.05. The van der Waals surface area contributed by atoms with Crippen LogP contribution in [0, 0.1) is 18.8 Å². The van der Waals surface area contributed by atoms with E-state index in [0.29, 0.717) is 5.92 Å². The average molecular weight is 245 g/mol. The van der Waals surface area contributed by atoms with Gasteiger partial charge >= 0.3 is 0 Å². The van der Waals surface area contributed by atoms with E-state index in [4.69, 9.17) is 0 Å². The number of hydrogen-bond acceptors (Lipinski definition) is 1. The Morgan fingerprint density at radius 2 is 1.94 bits per heavy atom. The Morgan fingerprint density at radius 3 is 2.44 bits per heavy atom. The maximum absolute atomic E-state index is 12.0. The molecule has 18 heavy (non-hydrogen) atoms. The minimum Gasteiger partial charge on any atom is -0.349 e. The second-order valence-electron chi connectivity index (χ2n) is 5.54. The van der Waals surface area contributed by atoms with Crippen LogP contribution in [0.1, 0.15) is 50.3 Å². The molecule has 0 aromatic heterocycles. The van der Waals surface area contributed by atoms with E-state index in [0.717, 1.165) is 6.42 Å². The van der Waals surface area contributed by atoms with Crippen LogP contribution in [0.4, 0.5) is 0 Å². The van der Waals surface area contributed by atoms with Crippen LogP contribution in [0.15, 0.2) is 24.3 Å². The Morgan fingerprint density at radius 1 is 1.33 bits per heavy atom. The fourth-order valence-corrected chi connectivity index (χ4v) is 2.16. The maximum Gasteiger partial charge on any atom is 0.223 e. The third-order valence-electron chi connectivity index (χ3n) is 3.89. The summed E-state index contributed by atoms with van der Waals surface area (Å²) in [5.74, 6) is 0.937. The molecule has 0 heterocycles. The molecular formula is C16H23NO. The van der Waals surface area contributed by atoms with Crippen molar-refractivity contribution in [3.05, 3.63) is 35.4 Å². The Bertz CT molecular complexity index is 406. The molecular weight excluding hydrogens is 222 g/mol. The summed E-state index contributed by atoms with van der Waals surface area (Å²) in [5, 5.41) is 3.23. The van der Waals surface area contributed by atoms with Crippen molar-refractivity contribution in [1.29, 1.82) is 0 Å². The highest BCUT2D eigenvalue weighted by molar-refractivity contribution is 5.78. The van der Waals surface area contributed by atoms with Gasteiger partial charge in [-0.15, -0.1) is 0 Å². The third-order valence-corrected chi connectivity index (χ3v) is 3.89. The number of aryl methyl sites for hydroxylation is 1. The van der Waals surface area contributed by atoms with E-state index in [1.54, 1.807) is 0 Å². The lowest BCUT2D eigenvalue weighted by Crippen LogP contribution is -2.33. The lowest BCUT2D eigenvalue weighted by molar-refractivity contribution is -0.125. The predicted octanol–water partition coefficient (Wildman–Crippen LogP) is 3.61. The standard InChI is InChI=1S/C16H23NO/c1-4-12(3)16(18)17-15(14-9-10-14)13-7-5-11(2)6-8-13/h5-8,12,14-15H,4,9-10H2,1-3H3,(H,17,18). The monoisotopic (exact) mass is 245 g/mol. The Labute approximate surface area is 110 Å². The summed E-state index contributed by atoms with van der Waals surface area (Å²) in [6.45, 7) is 6.14. The van der Waals surface area contributed by atoms with Gasteiger partial charge in [0.2, 0.25) is 5.91 Å². The number of hydrogen-bond donors (Lipinski definition) is 1. The molecule has 1 fully saturated rings. The first-order chi connectivity index (χ1) is 8.61. The van der Waals surface area contributed by atoms with Gasteiger partial charge in [0.1, 0.15) is 0 Å². The first-order valence-corrected chi connectivity index (χ1v) is 6.98. The highest BCUT2D eigenvalue weighted by Crippen LogP contribution is 2.41. The molecule has 2 atom stereocenters. The highest BCUT2D eigenvalue weighted by atomic mass is 16.1. The van der Waals surface area contributed by atoms with Gasteiger partial charge in [-0.3, -0.25) is 4.79 Å². The number of amides is 1. The maximum atomic E-state index is 12.0. The molecule has 98 valence electrons. The van der Waals surface area contributed by atoms with E-state index in [2.05, 4.69) is 43.4 Å². The van der Waals surface area contributed by atoms with Crippen LogP contribution in [0.2, 0.25) is 0 Å². The summed E-state index contributed by atoms with van der Waals surface area (Å²) in [5.41, 5.74) is 2.52. The largest absolute Gasteiger partial charge is 0.349 e. The summed E-state index contributed by atoms with van der Waals surface area (Å²) in [6, 6.07) is 8.76. The second kappa shape index (κ2) is 5.55. The minimum absolute atomic E-state index is 0.108. The summed E-state index contributed by atoms with van der Waals surface area (Å²) in [4.78, 5) is 12.0. The quantitative estimate of drug-likeness (QED) is 0.843. The molecule has 1 aromatic carbocycles. The van der Waals surface area contributed by atoms with Crippen LogP contribution < -0.4 is 5.32 Å². The van der Waals surface area contributed by atoms with Crippen LogP contribution in [-0.4, -0.2) is 5.91 Å². The van der Waals surface area contributed by atoms with Gasteiger partial charge in [0.15, 0.2) is 0 Å². The van der Waals surface area contributed by atoms with E-state index in [9.17, 15) is 4.79 Å². The number of rotatable bonds is 5. The van der Waals surface area contributed by atoms with Crippen molar-refractivity contribution in [2.24, 2.45) is 11.8 Å². The average Bonchev–Trinajstić information content (AvgIpc) is 3.20. The molecule has 1 aromatic rings. The molecule has 1 aliphatic rings. The fraction of sp³-hybridized carbons (Fsp3) is 0.562. The molecule has 0 bridgehead atoms. The summed E-state index contributed by atoms with van der Waals surface area (Å²) in [6.07, 6.45) is 3.37. The summed E-state index contributed by atoms with van der Waals surface area (Å²) < 4.78 is 0. The van der Waals surface area contributed by atoms with E-state index in [-0.39, 0.29) is 17.9 Å². The molecule has 0 radical (unpaired) electrons. The van der Waals surface area contributed by atoms with Crippen LogP contribution in [-0.2, 0) is 4.79 Å². The second-order valence-corrected chi connectivity index (χ2v) is 5.54. The number of carbonyl (C=O) groups excluding carboxylic acids is 1. The molecule has 2 nitrogen and oxygen atoms in total. The third kappa shape index (κ3) is 3.12. The van der Waals surface area contributed by atoms with Crippen LogP contribution in [0.5, 0.6) is 0 Å². The van der Waals surface area contributed by atoms with Crippen molar-refractivity contribution in [1.82, 2.24) is 5.32 Å². The van der Waals surface area contributed by atoms with Gasteiger partial charge in [0, 0.05) is 5.92 Å². The lowest BCUT2D eigenvalue weighted by atomic mass is 9.99. The topological polar surface area (TPSA) is 29.1 Å². The van der Waals surface area contributed by atoms with E-state index >= 15 is 0 Å². The van der Waals surface area contributed by atoms with Crippen LogP contribution in [0.3, 0.4) is 0 Å². The van der Waals surface area contributed by atoms with Gasteiger partial charge in [-0.25, -0.2) is 0 Å². The molecule has 1 amide bonds. The molecule has 1 saturated carbocycles. The van der Waals surface area contributed by atoms with Crippen molar-refractivity contribution in [3.63, 3.8) is 0 Å². The highest BCUT2D eigenvalue weighted by Gasteiger charge is 2.33. The number of carbonyl (C=O) groups is 1. The van der Waals surface area contributed by atoms with E-state index in [1.165, 1.54) is 24.0 Å². The van der Waals surface area contributed by atoms with Gasteiger partial charge in [-0.1, -0.05) is 43.7 Å². The normalized spacial score (nSPS) is 18.2. The van der Waals surface area contributed by atoms with Crippen molar-refractivity contribution >= 4 is 5.91 Å². The van der Waals surface area contributed by atoms with Crippen molar-refractivity contribution in [3.8, 4) is 0 Å². The number of nitrogens with one attached hydrogen (secondary N) is 1. The summed E-state index contributed by atoms with van der Waals surface area (Å²) >= 11 is 0. The molecule has 0 spiro atoms. The molecule has 0 aliphatic heterocycles. The number of benzene rings is 1. The molecule has 2 heteroatoms. The molecule has 0 saturated heterocycles. The minimum atomic E-state index is 0.108. The van der Waals surface area contributed by atoms with Crippen molar-refractivity contribution in [2.45, 2.75) is 46.1 Å². The van der Waals surface area contributed by atoms with Gasteiger partial charge in [0.05, 0.1) is 6.04 Å². The first kappa shape index (κ1) is 13.1. The smallest absolute Gasteiger partial charge is 0.223 e. The Hall–Kier alpha value is -1.31. The fourth-order valence-electron chi connectivity index (χ4n) is 2.16. The predicted molar refractivity (Wildman–Crippen MR) is 74.2 cm³/mol. The SMILES string of the molecule is CCC(C)C(=O)NC(c1ccc(C)cc1)C1CC1. The molecule has 2 rings (SSSR count). The summed E-state index contributed by atoms with van der Waals surface area (Å²) in [7, 11) is 0. The Balaban J connectivity index is 2.09.